The number of nitriles is 1. The largest absolute Gasteiger partial charge is 0.496 e. The Balaban J connectivity index is 1.24. The molecule has 0 atom stereocenters. The van der Waals surface area contributed by atoms with Crippen LogP contribution in [-0.4, -0.2) is 128 Å². The van der Waals surface area contributed by atoms with Crippen LogP contribution in [-0.2, 0) is 55.4 Å². The maximum absolute atomic E-state index is 12.7. The summed E-state index contributed by atoms with van der Waals surface area (Å²) >= 11 is 1.68. The molecule has 3 heterocycles. The molecule has 0 bridgehead atoms. The third-order valence-electron chi connectivity index (χ3n) is 12.0. The third kappa shape index (κ3) is 14.1. The van der Waals surface area contributed by atoms with Crippen LogP contribution in [0.15, 0.2) is 105 Å². The fourth-order valence-electron chi connectivity index (χ4n) is 8.31. The van der Waals surface area contributed by atoms with Crippen LogP contribution in [0.3, 0.4) is 0 Å². The van der Waals surface area contributed by atoms with Gasteiger partial charge >= 0.3 is 0 Å². The number of hydrogen-bond acceptors (Lipinski definition) is 26. The summed E-state index contributed by atoms with van der Waals surface area (Å²) < 4.78 is 188. The van der Waals surface area contributed by atoms with Gasteiger partial charge in [0.2, 0.25) is 16.9 Å². The van der Waals surface area contributed by atoms with E-state index in [2.05, 4.69) is 46.0 Å². The number of nitrogens with zero attached hydrogens (tertiary/aromatic N) is 10. The van der Waals surface area contributed by atoms with Gasteiger partial charge < -0.3 is 24.6 Å². The Kier molecular flexibility index (Phi) is 18.0. The average molecular weight is 1310 g/mol. The highest BCUT2D eigenvalue weighted by molar-refractivity contribution is 7.99. The molecule has 448 valence electrons. The summed E-state index contributed by atoms with van der Waals surface area (Å²) in [4.78, 5) is 19.3. The Morgan fingerprint density at radius 1 is 0.729 bits per heavy atom. The molecule has 5 aromatic carbocycles. The third-order valence-corrected chi connectivity index (χ3v) is 18.3. The number of fused-ring (bicyclic) bond motifs is 6. The quantitative estimate of drug-likeness (QED) is 0.0144. The number of ether oxygens (including phenoxy) is 3. The molecule has 0 fully saturated rings. The van der Waals surface area contributed by atoms with Crippen molar-refractivity contribution < 1.29 is 89.0 Å². The summed E-state index contributed by atoms with van der Waals surface area (Å²) in [6.45, 7) is 3.74. The van der Waals surface area contributed by atoms with Crippen LogP contribution in [0.25, 0.3) is 37.7 Å². The van der Waals surface area contributed by atoms with Gasteiger partial charge in [-0.15, -0.1) is 37.3 Å². The van der Waals surface area contributed by atoms with E-state index in [1.807, 2.05) is 6.07 Å². The average Bonchev–Trinajstić information content (AvgIpc) is 2.00. The molecule has 31 nitrogen and oxygen atoms in total. The number of amides is 1. The molecule has 7 N–H and O–H groups in total. The molecule has 0 aliphatic carbocycles. The highest BCUT2D eigenvalue weighted by Gasteiger charge is 2.30. The SMILES string of the molecule is COc1ccc2nc3c(C#N)c(C)c(N=Nc4cc(C)c(N=Nc5cc(NC(C)=O)c(N=Nc6nc7c(S(=O)(=O)O)cc8c(OC)cc(S(=O)(=O)O)cc8c7s6)cc5SCCCS(=O)(=O)O)cc4OCCCS(=O)(=O)O)c(O)n3c2c1S(=O)(=O)O. The monoisotopic (exact) mass is 1310 g/mol. The Labute approximate surface area is 489 Å². The van der Waals surface area contributed by atoms with Crippen molar-refractivity contribution in [3.8, 4) is 29.2 Å². The number of nitrogens with one attached hydrogen (secondary N) is 1. The molecule has 0 saturated heterocycles. The number of anilines is 1. The van der Waals surface area contributed by atoms with Gasteiger partial charge in [0.1, 0.15) is 61.9 Å². The summed E-state index contributed by atoms with van der Waals surface area (Å²) in [6.07, 6.45) is -0.349. The van der Waals surface area contributed by atoms with Crippen molar-refractivity contribution in [3.05, 3.63) is 71.3 Å². The van der Waals surface area contributed by atoms with E-state index >= 15 is 0 Å². The number of rotatable bonds is 22. The topological polar surface area (TPSA) is 477 Å². The molecule has 85 heavy (non-hydrogen) atoms. The second-order valence-corrected chi connectivity index (χ2v) is 27.3. The fourth-order valence-corrected chi connectivity index (χ4v) is 13.5. The lowest BCUT2D eigenvalue weighted by atomic mass is 10.1. The highest BCUT2D eigenvalue weighted by Crippen LogP contribution is 2.47. The lowest BCUT2D eigenvalue weighted by molar-refractivity contribution is -0.114. The van der Waals surface area contributed by atoms with Crippen LogP contribution >= 0.6 is 23.1 Å². The van der Waals surface area contributed by atoms with E-state index < -0.39 is 88.6 Å². The maximum atomic E-state index is 12.7. The number of aromatic nitrogens is 3. The van der Waals surface area contributed by atoms with Crippen LogP contribution in [0.5, 0.6) is 23.1 Å². The second-order valence-electron chi connectivity index (χ2n) is 17.9. The predicted molar refractivity (Wildman–Crippen MR) is 306 cm³/mol. The minimum atomic E-state index is -5.08. The van der Waals surface area contributed by atoms with E-state index in [1.54, 1.807) is 6.92 Å². The molecule has 3 aromatic heterocycles. The summed E-state index contributed by atoms with van der Waals surface area (Å²) in [7, 11) is -21.5. The van der Waals surface area contributed by atoms with Gasteiger partial charge in [-0.2, -0.15) is 52.5 Å². The zero-order valence-corrected chi connectivity index (χ0v) is 49.9. The molecular formula is C47H43N11O20S7. The van der Waals surface area contributed by atoms with Gasteiger partial charge in [-0.3, -0.25) is 32.0 Å². The summed E-state index contributed by atoms with van der Waals surface area (Å²) in [5.41, 5.74) is -1.52. The van der Waals surface area contributed by atoms with Crippen molar-refractivity contribution in [1.82, 2.24) is 14.4 Å². The van der Waals surface area contributed by atoms with Gasteiger partial charge in [0.05, 0.1) is 58.8 Å². The molecule has 0 aliphatic rings. The lowest BCUT2D eigenvalue weighted by Crippen LogP contribution is -2.08. The van der Waals surface area contributed by atoms with E-state index in [1.165, 1.54) is 43.3 Å². The number of pyridine rings is 1. The first-order chi connectivity index (χ1) is 39.7. The first kappa shape index (κ1) is 63.1. The Morgan fingerprint density at radius 3 is 2.01 bits per heavy atom. The Morgan fingerprint density at radius 2 is 1.39 bits per heavy atom. The van der Waals surface area contributed by atoms with Gasteiger partial charge in [-0.25, -0.2) is 9.97 Å². The lowest BCUT2D eigenvalue weighted by Gasteiger charge is -2.13. The molecule has 0 aliphatic heterocycles. The number of azo groups is 3. The summed E-state index contributed by atoms with van der Waals surface area (Å²) in [5, 5.41) is 50.2. The van der Waals surface area contributed by atoms with Crippen LogP contribution in [0, 0.1) is 25.2 Å². The molecule has 0 unspecified atom stereocenters. The van der Waals surface area contributed by atoms with Gasteiger partial charge in [0, 0.05) is 40.3 Å². The second kappa shape index (κ2) is 24.2. The number of carbonyl (C=O) groups excluding carboxylic acids is 1. The molecule has 8 aromatic rings. The number of aromatic hydroxyl groups is 1. The Hall–Kier alpha value is -7.94. The normalized spacial score (nSPS) is 12.9. The van der Waals surface area contributed by atoms with Gasteiger partial charge in [-0.05, 0) is 80.5 Å². The first-order valence-electron chi connectivity index (χ1n) is 23.7. The van der Waals surface area contributed by atoms with Crippen LogP contribution < -0.4 is 19.5 Å². The van der Waals surface area contributed by atoms with Gasteiger partial charge in [-0.1, -0.05) is 11.3 Å². The Bertz CT molecular complexity index is 4850. The number of methoxy groups -OCH3 is 2. The van der Waals surface area contributed by atoms with E-state index in [0.717, 1.165) is 55.5 Å². The van der Waals surface area contributed by atoms with Crippen molar-refractivity contribution in [2.45, 2.75) is 53.2 Å². The molecule has 0 saturated carbocycles. The zero-order chi connectivity index (χ0) is 62.3. The van der Waals surface area contributed by atoms with E-state index in [4.69, 9.17) is 14.2 Å². The van der Waals surface area contributed by atoms with Crippen molar-refractivity contribution in [2.75, 3.05) is 43.4 Å². The molecule has 8 rings (SSSR count). The molecular weight excluding hydrogens is 1260 g/mol. The van der Waals surface area contributed by atoms with Crippen LogP contribution in [0.2, 0.25) is 0 Å². The van der Waals surface area contributed by atoms with Crippen molar-refractivity contribution >= 4 is 157 Å². The minimum absolute atomic E-state index is 0.00206. The molecule has 38 heteroatoms. The number of thiazole rings is 1. The maximum Gasteiger partial charge on any atom is 0.300 e. The number of aryl methyl sites for hydroxylation is 1. The number of imidazole rings is 1. The van der Waals surface area contributed by atoms with Gasteiger partial charge in [0.25, 0.3) is 50.6 Å². The summed E-state index contributed by atoms with van der Waals surface area (Å²) in [6, 6.07) is 12.8. The number of hydrogen-bond donors (Lipinski definition) is 7. The van der Waals surface area contributed by atoms with E-state index in [0.29, 0.717) is 16.9 Å². The van der Waals surface area contributed by atoms with Crippen molar-refractivity contribution in [1.29, 1.82) is 5.26 Å². The van der Waals surface area contributed by atoms with Crippen LogP contribution in [0.4, 0.5) is 39.3 Å². The van der Waals surface area contributed by atoms with Gasteiger partial charge in [0.15, 0.2) is 16.2 Å². The summed E-state index contributed by atoms with van der Waals surface area (Å²) in [5.74, 6) is -3.44. The fraction of sp³-hybridized carbons (Fsp3) is 0.234. The standard InChI is InChI=1S/C47H43N11O20S7/c1-22-14-33(54-56-40-23(2)28(21-48)45-50-29-8-9-35(76-4)44(85(73,74)75)42(29)58(45)46(40)60)37(78-10-6-12-81(61,62)63)19-30(22)52-55-34-18-31(49-24(3)59)32(20-38(34)79-11-7-13-82(64,65)66)53-57-47-51-41-39(84(70,71)72)17-26-27(43(41)80-47)15-25(83(67,68)69)16-36(26)77-5/h8-9,14-20,60H,6-7,10-13H2,1-5H3,(H,49,59)(H,61,62,63)(H,64,65,66)(H,67,68,69)(H,70,71,72)(H,73,74,75). The van der Waals surface area contributed by atoms with E-state index in [-0.39, 0.29) is 135 Å². The number of benzene rings is 5. The van der Waals surface area contributed by atoms with Crippen molar-refractivity contribution in [2.24, 2.45) is 30.7 Å². The number of carbonyl (C=O) groups is 1. The van der Waals surface area contributed by atoms with E-state index in [9.17, 15) is 80.0 Å². The minimum Gasteiger partial charge on any atom is -0.496 e. The first-order valence-corrected chi connectivity index (χ1v) is 33.1. The van der Waals surface area contributed by atoms with Crippen molar-refractivity contribution in [3.63, 3.8) is 0 Å². The molecule has 0 radical (unpaired) electrons. The molecule has 0 spiro atoms. The highest BCUT2D eigenvalue weighted by atomic mass is 32.2. The smallest absolute Gasteiger partial charge is 0.300 e. The molecule has 1 amide bonds. The number of thioether (sulfide) groups is 1. The predicted octanol–water partition coefficient (Wildman–Crippen LogP) is 9.43. The zero-order valence-electron chi connectivity index (χ0n) is 44.2. The van der Waals surface area contributed by atoms with Crippen LogP contribution in [0.1, 0.15) is 36.5 Å².